The number of hydrogen-bond acceptors (Lipinski definition) is 7. The van der Waals surface area contributed by atoms with Gasteiger partial charge in [-0.05, 0) is 42.8 Å². The Kier molecular flexibility index (Phi) is 8.58. The molecule has 4 rings (SSSR count). The van der Waals surface area contributed by atoms with E-state index in [1.165, 1.54) is 18.4 Å². The molecule has 7 nitrogen and oxygen atoms in total. The van der Waals surface area contributed by atoms with Crippen LogP contribution in [0.2, 0.25) is 0 Å². The molecule has 1 saturated heterocycles. The third-order valence-corrected chi connectivity index (χ3v) is 6.33. The van der Waals surface area contributed by atoms with Crippen LogP contribution in [0.15, 0.2) is 48.5 Å². The molecular weight excluding hydrogens is 450 g/mol. The molecule has 0 radical (unpaired) electrons. The number of thiazole rings is 1. The molecule has 170 valence electrons. The Morgan fingerprint density at radius 3 is 2.47 bits per heavy atom. The van der Waals surface area contributed by atoms with Gasteiger partial charge in [-0.15, -0.1) is 12.4 Å². The van der Waals surface area contributed by atoms with Crippen LogP contribution in [0.1, 0.15) is 27.1 Å². The Hall–Kier alpha value is -2.52. The number of anilines is 1. The Morgan fingerprint density at radius 1 is 1.09 bits per heavy atom. The normalized spacial score (nSPS) is 14.0. The molecule has 0 unspecified atom stereocenters. The maximum Gasteiger partial charge on any atom is 0.337 e. The fourth-order valence-electron chi connectivity index (χ4n) is 3.56. The molecule has 0 N–H and O–H groups in total. The number of esters is 1. The molecule has 32 heavy (non-hydrogen) atoms. The van der Waals surface area contributed by atoms with Gasteiger partial charge in [0.05, 0.1) is 36.1 Å². The van der Waals surface area contributed by atoms with Crippen LogP contribution < -0.4 is 4.90 Å². The highest BCUT2D eigenvalue weighted by molar-refractivity contribution is 7.22. The number of amides is 1. The van der Waals surface area contributed by atoms with E-state index in [0.29, 0.717) is 22.8 Å². The van der Waals surface area contributed by atoms with E-state index in [1.807, 2.05) is 24.3 Å². The van der Waals surface area contributed by atoms with Crippen molar-refractivity contribution >= 4 is 51.0 Å². The molecular formula is C23H26ClN3O4S. The Morgan fingerprint density at radius 2 is 1.78 bits per heavy atom. The number of ether oxygens (including phenoxy) is 2. The van der Waals surface area contributed by atoms with Gasteiger partial charge in [-0.2, -0.15) is 0 Å². The average molecular weight is 476 g/mol. The van der Waals surface area contributed by atoms with Crippen molar-refractivity contribution in [1.29, 1.82) is 0 Å². The quantitative estimate of drug-likeness (QED) is 0.483. The molecule has 3 aromatic rings. The zero-order valence-electron chi connectivity index (χ0n) is 17.9. The minimum Gasteiger partial charge on any atom is -0.465 e. The molecule has 1 aliphatic heterocycles. The van der Waals surface area contributed by atoms with Gasteiger partial charge in [-0.25, -0.2) is 9.78 Å². The highest BCUT2D eigenvalue weighted by atomic mass is 35.5. The van der Waals surface area contributed by atoms with Gasteiger partial charge in [0.15, 0.2) is 5.13 Å². The van der Waals surface area contributed by atoms with Gasteiger partial charge in [-0.1, -0.05) is 23.5 Å². The van der Waals surface area contributed by atoms with Gasteiger partial charge in [-0.3, -0.25) is 14.6 Å². The summed E-state index contributed by atoms with van der Waals surface area (Å²) in [6, 6.07) is 14.4. The number of hydrogen-bond donors (Lipinski definition) is 0. The van der Waals surface area contributed by atoms with Gasteiger partial charge < -0.3 is 9.47 Å². The first-order valence-electron chi connectivity index (χ1n) is 10.3. The number of morpholine rings is 1. The van der Waals surface area contributed by atoms with E-state index in [1.54, 1.807) is 29.2 Å². The summed E-state index contributed by atoms with van der Waals surface area (Å²) in [5.41, 5.74) is 1.81. The lowest BCUT2D eigenvalue weighted by molar-refractivity contribution is 0.0376. The first kappa shape index (κ1) is 24.1. The van der Waals surface area contributed by atoms with Gasteiger partial charge in [0.1, 0.15) is 0 Å². The number of aromatic nitrogens is 1. The zero-order valence-corrected chi connectivity index (χ0v) is 19.5. The lowest BCUT2D eigenvalue weighted by atomic mass is 10.1. The second-order valence-electron chi connectivity index (χ2n) is 7.30. The van der Waals surface area contributed by atoms with Crippen LogP contribution in [0.3, 0.4) is 0 Å². The number of benzene rings is 2. The monoisotopic (exact) mass is 475 g/mol. The van der Waals surface area contributed by atoms with E-state index in [4.69, 9.17) is 14.5 Å². The molecule has 0 spiro atoms. The average Bonchev–Trinajstić information content (AvgIpc) is 3.25. The van der Waals surface area contributed by atoms with Crippen molar-refractivity contribution in [3.8, 4) is 0 Å². The Bertz CT molecular complexity index is 1020. The lowest BCUT2D eigenvalue weighted by Crippen LogP contribution is -2.39. The fraction of sp³-hybridized carbons (Fsp3) is 0.348. The summed E-state index contributed by atoms with van der Waals surface area (Å²) < 4.78 is 11.2. The smallest absolute Gasteiger partial charge is 0.337 e. The van der Waals surface area contributed by atoms with Crippen LogP contribution in [0.25, 0.3) is 10.2 Å². The number of rotatable bonds is 7. The van der Waals surface area contributed by atoms with Crippen LogP contribution in [0.4, 0.5) is 5.13 Å². The molecule has 0 saturated carbocycles. The predicted octanol–water partition coefficient (Wildman–Crippen LogP) is 3.87. The van der Waals surface area contributed by atoms with Crippen LogP contribution in [-0.4, -0.2) is 68.3 Å². The van der Waals surface area contributed by atoms with E-state index in [-0.39, 0.29) is 18.3 Å². The summed E-state index contributed by atoms with van der Waals surface area (Å²) in [6.45, 7) is 4.82. The summed E-state index contributed by atoms with van der Waals surface area (Å²) in [7, 11) is 1.34. The van der Waals surface area contributed by atoms with E-state index in [9.17, 15) is 9.59 Å². The van der Waals surface area contributed by atoms with Crippen LogP contribution in [-0.2, 0) is 9.47 Å². The number of para-hydroxylation sites is 1. The number of halogens is 1. The number of fused-ring (bicyclic) bond motifs is 1. The van der Waals surface area contributed by atoms with E-state index < -0.39 is 5.97 Å². The van der Waals surface area contributed by atoms with E-state index in [2.05, 4.69) is 4.90 Å². The molecule has 1 amide bonds. The van der Waals surface area contributed by atoms with Crippen molar-refractivity contribution < 1.29 is 19.1 Å². The summed E-state index contributed by atoms with van der Waals surface area (Å²) in [5, 5.41) is 0.685. The predicted molar refractivity (Wildman–Crippen MR) is 128 cm³/mol. The molecule has 2 aromatic carbocycles. The Balaban J connectivity index is 0.00000289. The van der Waals surface area contributed by atoms with Crippen molar-refractivity contribution in [2.75, 3.05) is 51.4 Å². The number of carbonyl (C=O) groups excluding carboxylic acids is 2. The van der Waals surface area contributed by atoms with Gasteiger partial charge in [0.2, 0.25) is 0 Å². The number of methoxy groups -OCH3 is 1. The molecule has 1 aliphatic rings. The highest BCUT2D eigenvalue weighted by Gasteiger charge is 2.22. The summed E-state index contributed by atoms with van der Waals surface area (Å²) in [4.78, 5) is 33.9. The van der Waals surface area contributed by atoms with Crippen molar-refractivity contribution in [2.45, 2.75) is 6.42 Å². The SMILES string of the molecule is COC(=O)c1ccc(C(=O)N(CCCN2CCOCC2)c2nc3ccccc3s2)cc1.Cl. The van der Waals surface area contributed by atoms with Crippen molar-refractivity contribution in [3.05, 3.63) is 59.7 Å². The second kappa shape index (κ2) is 11.4. The number of carbonyl (C=O) groups is 2. The molecule has 9 heteroatoms. The van der Waals surface area contributed by atoms with Crippen LogP contribution >= 0.6 is 23.7 Å². The van der Waals surface area contributed by atoms with Crippen LogP contribution in [0, 0.1) is 0 Å². The van der Waals surface area contributed by atoms with Crippen molar-refractivity contribution in [1.82, 2.24) is 9.88 Å². The maximum atomic E-state index is 13.4. The maximum absolute atomic E-state index is 13.4. The third-order valence-electron chi connectivity index (χ3n) is 5.27. The van der Waals surface area contributed by atoms with Gasteiger partial charge >= 0.3 is 5.97 Å². The minimum absolute atomic E-state index is 0. The first-order chi connectivity index (χ1) is 15.2. The molecule has 0 bridgehead atoms. The summed E-state index contributed by atoms with van der Waals surface area (Å²) in [5.74, 6) is -0.551. The molecule has 0 atom stereocenters. The minimum atomic E-state index is -0.424. The van der Waals surface area contributed by atoms with Crippen molar-refractivity contribution in [2.24, 2.45) is 0 Å². The largest absolute Gasteiger partial charge is 0.465 e. The van der Waals surface area contributed by atoms with E-state index >= 15 is 0 Å². The topological polar surface area (TPSA) is 72.0 Å². The third kappa shape index (κ3) is 5.63. The summed E-state index contributed by atoms with van der Waals surface area (Å²) >= 11 is 1.51. The molecule has 1 fully saturated rings. The van der Waals surface area contributed by atoms with Crippen LogP contribution in [0.5, 0.6) is 0 Å². The van der Waals surface area contributed by atoms with Gasteiger partial charge in [0.25, 0.3) is 5.91 Å². The van der Waals surface area contributed by atoms with Crippen molar-refractivity contribution in [3.63, 3.8) is 0 Å². The standard InChI is InChI=1S/C23H25N3O4S.ClH/c1-29-22(28)18-9-7-17(8-10-18)21(27)26(12-4-11-25-13-15-30-16-14-25)23-24-19-5-2-3-6-20(19)31-23;/h2-3,5-10H,4,11-16H2,1H3;1H. The number of nitrogens with zero attached hydrogens (tertiary/aromatic N) is 3. The van der Waals surface area contributed by atoms with Gasteiger partial charge in [0, 0.05) is 31.7 Å². The first-order valence-corrected chi connectivity index (χ1v) is 11.1. The van der Waals surface area contributed by atoms with E-state index in [0.717, 1.165) is 49.5 Å². The second-order valence-corrected chi connectivity index (χ2v) is 8.31. The summed E-state index contributed by atoms with van der Waals surface area (Å²) in [6.07, 6.45) is 0.835. The Labute approximate surface area is 197 Å². The lowest BCUT2D eigenvalue weighted by Gasteiger charge is -2.27. The highest BCUT2D eigenvalue weighted by Crippen LogP contribution is 2.29. The zero-order chi connectivity index (χ0) is 21.6. The molecule has 1 aromatic heterocycles. The molecule has 0 aliphatic carbocycles. The molecule has 2 heterocycles. The fourth-order valence-corrected chi connectivity index (χ4v) is 4.55.